The van der Waals surface area contributed by atoms with Crippen LogP contribution in [0.3, 0.4) is 0 Å². The molecule has 0 aromatic heterocycles. The molecular formula is C17H34O6. The van der Waals surface area contributed by atoms with Gasteiger partial charge in [-0.15, -0.1) is 0 Å². The molecule has 1 unspecified atom stereocenters. The summed E-state index contributed by atoms with van der Waals surface area (Å²) in [6.07, 6.45) is 1.74. The van der Waals surface area contributed by atoms with Gasteiger partial charge in [0.05, 0.1) is 11.2 Å². The van der Waals surface area contributed by atoms with Crippen molar-refractivity contribution in [3.8, 4) is 0 Å². The van der Waals surface area contributed by atoms with Crippen LogP contribution in [0.5, 0.6) is 0 Å². The van der Waals surface area contributed by atoms with Crippen LogP contribution in [0, 0.1) is 5.92 Å². The fourth-order valence-corrected chi connectivity index (χ4v) is 1.81. The minimum atomic E-state index is -1.15. The number of rotatable bonds is 10. The summed E-state index contributed by atoms with van der Waals surface area (Å²) in [4.78, 5) is 33.2. The molecule has 0 saturated carbocycles. The average molecular weight is 334 g/mol. The zero-order valence-electron chi connectivity index (χ0n) is 15.9. The van der Waals surface area contributed by atoms with Gasteiger partial charge < -0.3 is 5.11 Å². The second kappa shape index (κ2) is 8.97. The highest BCUT2D eigenvalue weighted by molar-refractivity contribution is 5.66. The Hall–Kier alpha value is -0.690. The summed E-state index contributed by atoms with van der Waals surface area (Å²) in [7, 11) is 0. The van der Waals surface area contributed by atoms with E-state index in [1.807, 2.05) is 55.4 Å². The fraction of sp³-hybridized carbons (Fsp3) is 0.941. The summed E-state index contributed by atoms with van der Waals surface area (Å²) in [5.41, 5.74) is -1.03. The Morgan fingerprint density at radius 1 is 0.957 bits per heavy atom. The summed E-state index contributed by atoms with van der Waals surface area (Å²) in [5, 5.41) is 8.93. The highest BCUT2D eigenvalue weighted by Gasteiger charge is 2.43. The lowest BCUT2D eigenvalue weighted by molar-refractivity contribution is -0.552. The summed E-state index contributed by atoms with van der Waals surface area (Å²) in [5.74, 6) is -2.22. The Kier molecular flexibility index (Phi) is 8.70. The van der Waals surface area contributed by atoms with E-state index in [9.17, 15) is 4.79 Å². The molecule has 0 aliphatic carbocycles. The summed E-state index contributed by atoms with van der Waals surface area (Å²) in [6, 6.07) is 0. The van der Waals surface area contributed by atoms with Gasteiger partial charge in [0.2, 0.25) is 5.79 Å². The SMILES string of the molecule is CCCC(OOC(C)(C)C)(OOC(C)(C)C)C(C)CCC(=O)O. The van der Waals surface area contributed by atoms with Gasteiger partial charge in [0.1, 0.15) is 0 Å². The zero-order chi connectivity index (χ0) is 18.3. The topological polar surface area (TPSA) is 74.2 Å². The van der Waals surface area contributed by atoms with Gasteiger partial charge >= 0.3 is 5.97 Å². The lowest BCUT2D eigenvalue weighted by atomic mass is 9.92. The minimum Gasteiger partial charge on any atom is -0.481 e. The van der Waals surface area contributed by atoms with Crippen molar-refractivity contribution < 1.29 is 29.5 Å². The van der Waals surface area contributed by atoms with E-state index in [1.54, 1.807) is 0 Å². The number of hydrogen-bond acceptors (Lipinski definition) is 5. The second-order valence-electron chi connectivity index (χ2n) is 7.95. The average Bonchev–Trinajstić information content (AvgIpc) is 2.37. The van der Waals surface area contributed by atoms with Crippen LogP contribution in [0.1, 0.15) is 81.1 Å². The molecule has 1 atom stereocenters. The molecule has 6 heteroatoms. The molecule has 0 fully saturated rings. The van der Waals surface area contributed by atoms with Crippen LogP contribution in [0.15, 0.2) is 0 Å². The van der Waals surface area contributed by atoms with Crippen molar-refractivity contribution in [1.82, 2.24) is 0 Å². The molecule has 6 nitrogen and oxygen atoms in total. The van der Waals surface area contributed by atoms with Gasteiger partial charge in [0.25, 0.3) is 0 Å². The maximum atomic E-state index is 10.9. The summed E-state index contributed by atoms with van der Waals surface area (Å²) in [6.45, 7) is 15.1. The van der Waals surface area contributed by atoms with E-state index >= 15 is 0 Å². The van der Waals surface area contributed by atoms with Crippen LogP contribution >= 0.6 is 0 Å². The molecule has 0 heterocycles. The van der Waals surface area contributed by atoms with Gasteiger partial charge in [-0.2, -0.15) is 9.78 Å². The third-order valence-electron chi connectivity index (χ3n) is 3.01. The molecule has 23 heavy (non-hydrogen) atoms. The molecule has 0 aliphatic rings. The van der Waals surface area contributed by atoms with Gasteiger partial charge in [0, 0.05) is 18.8 Å². The summed E-state index contributed by atoms with van der Waals surface area (Å²) < 4.78 is 0. The van der Waals surface area contributed by atoms with Crippen LogP contribution in [0.2, 0.25) is 0 Å². The molecule has 0 saturated heterocycles. The first-order valence-electron chi connectivity index (χ1n) is 8.27. The van der Waals surface area contributed by atoms with Crippen molar-refractivity contribution >= 4 is 5.97 Å². The van der Waals surface area contributed by atoms with Gasteiger partial charge in [-0.05, 0) is 48.0 Å². The molecule has 1 N–H and O–H groups in total. The molecule has 0 amide bonds. The largest absolute Gasteiger partial charge is 0.481 e. The second-order valence-corrected chi connectivity index (χ2v) is 7.95. The minimum absolute atomic E-state index is 0.0321. The monoisotopic (exact) mass is 334 g/mol. The normalized spacial score (nSPS) is 14.8. The van der Waals surface area contributed by atoms with E-state index < -0.39 is 23.0 Å². The molecule has 0 rings (SSSR count). The van der Waals surface area contributed by atoms with Crippen LogP contribution in [-0.4, -0.2) is 28.1 Å². The zero-order valence-corrected chi connectivity index (χ0v) is 15.9. The van der Waals surface area contributed by atoms with Crippen LogP contribution in [-0.2, 0) is 24.3 Å². The van der Waals surface area contributed by atoms with Crippen molar-refractivity contribution in [2.24, 2.45) is 5.92 Å². The molecule has 0 spiro atoms. The highest BCUT2D eigenvalue weighted by atomic mass is 17.3. The van der Waals surface area contributed by atoms with E-state index in [1.165, 1.54) is 0 Å². The van der Waals surface area contributed by atoms with E-state index in [2.05, 4.69) is 0 Å². The standard InChI is InChI=1S/C17H34O6/c1-9-12-17(22-20-15(3,4)5,23-21-16(6,7)8)13(2)10-11-14(18)19/h13H,9-12H2,1-8H3,(H,18,19). The lowest BCUT2D eigenvalue weighted by Gasteiger charge is -2.39. The fourth-order valence-electron chi connectivity index (χ4n) is 1.81. The number of carboxylic acid groups (broad SMARTS) is 1. The molecule has 0 radical (unpaired) electrons. The Morgan fingerprint density at radius 3 is 1.70 bits per heavy atom. The van der Waals surface area contributed by atoms with Crippen LogP contribution in [0.4, 0.5) is 0 Å². The first-order chi connectivity index (χ1) is 10.3. The first-order valence-corrected chi connectivity index (χ1v) is 8.27. The van der Waals surface area contributed by atoms with Crippen molar-refractivity contribution in [3.05, 3.63) is 0 Å². The van der Waals surface area contributed by atoms with Gasteiger partial charge in [-0.1, -0.05) is 20.3 Å². The van der Waals surface area contributed by atoms with Crippen molar-refractivity contribution in [1.29, 1.82) is 0 Å². The van der Waals surface area contributed by atoms with Crippen LogP contribution < -0.4 is 0 Å². The molecule has 0 aromatic carbocycles. The van der Waals surface area contributed by atoms with Gasteiger partial charge in [-0.3, -0.25) is 4.79 Å². The third kappa shape index (κ3) is 9.91. The Bertz CT molecular complexity index is 335. The van der Waals surface area contributed by atoms with Gasteiger partial charge in [-0.25, -0.2) is 9.78 Å². The number of aliphatic carboxylic acids is 1. The van der Waals surface area contributed by atoms with Crippen LogP contribution in [0.25, 0.3) is 0 Å². The molecule has 0 aromatic rings. The predicted molar refractivity (Wildman–Crippen MR) is 87.5 cm³/mol. The number of carbonyl (C=O) groups is 1. The first kappa shape index (κ1) is 22.3. The molecular weight excluding hydrogens is 300 g/mol. The van der Waals surface area contributed by atoms with E-state index in [0.29, 0.717) is 12.8 Å². The molecule has 0 bridgehead atoms. The molecule has 0 aliphatic heterocycles. The van der Waals surface area contributed by atoms with E-state index in [-0.39, 0.29) is 12.3 Å². The lowest BCUT2D eigenvalue weighted by Crippen LogP contribution is -2.46. The highest BCUT2D eigenvalue weighted by Crippen LogP contribution is 2.35. The number of hydrogen-bond donors (Lipinski definition) is 1. The number of carboxylic acids is 1. The Labute approximate surface area is 140 Å². The molecule has 138 valence electrons. The van der Waals surface area contributed by atoms with Gasteiger partial charge in [0.15, 0.2) is 0 Å². The van der Waals surface area contributed by atoms with E-state index in [0.717, 1.165) is 6.42 Å². The van der Waals surface area contributed by atoms with Crippen molar-refractivity contribution in [2.75, 3.05) is 0 Å². The summed E-state index contributed by atoms with van der Waals surface area (Å²) >= 11 is 0. The smallest absolute Gasteiger partial charge is 0.303 e. The third-order valence-corrected chi connectivity index (χ3v) is 3.01. The maximum Gasteiger partial charge on any atom is 0.303 e. The quantitative estimate of drug-likeness (QED) is 0.361. The van der Waals surface area contributed by atoms with Crippen molar-refractivity contribution in [3.63, 3.8) is 0 Å². The van der Waals surface area contributed by atoms with E-state index in [4.69, 9.17) is 24.7 Å². The Balaban J connectivity index is 5.24. The maximum absolute atomic E-state index is 10.9. The predicted octanol–water partition coefficient (Wildman–Crippen LogP) is 4.48. The van der Waals surface area contributed by atoms with Crippen molar-refractivity contribution in [2.45, 2.75) is 98.1 Å². The Morgan fingerprint density at radius 2 is 1.39 bits per heavy atom.